The van der Waals surface area contributed by atoms with E-state index in [0.717, 1.165) is 0 Å². The molecule has 0 aliphatic rings. The van der Waals surface area contributed by atoms with Crippen LogP contribution in [0.3, 0.4) is 0 Å². The van der Waals surface area contributed by atoms with Gasteiger partial charge in [0.1, 0.15) is 6.04 Å². The zero-order chi connectivity index (χ0) is 14.6. The van der Waals surface area contributed by atoms with Crippen molar-refractivity contribution in [3.05, 3.63) is 29.8 Å². The van der Waals surface area contributed by atoms with Gasteiger partial charge in [-0.1, -0.05) is 0 Å². The summed E-state index contributed by atoms with van der Waals surface area (Å²) in [6.45, 7) is 0. The van der Waals surface area contributed by atoms with Crippen LogP contribution in [-0.2, 0) is 9.59 Å². The molecule has 0 aliphatic carbocycles. The fourth-order valence-corrected chi connectivity index (χ4v) is 1.60. The molecule has 19 heavy (non-hydrogen) atoms. The average Bonchev–Trinajstić information content (AvgIpc) is 2.35. The first-order valence-electron chi connectivity index (χ1n) is 5.43. The zero-order valence-electron chi connectivity index (χ0n) is 9.95. The van der Waals surface area contributed by atoms with Crippen LogP contribution in [0.4, 0.5) is 5.69 Å². The highest BCUT2D eigenvalue weighted by molar-refractivity contribution is 6.02. The highest BCUT2D eigenvalue weighted by Gasteiger charge is 2.33. The minimum atomic E-state index is -1.57. The number of carbonyl (C=O) groups excluding carboxylic acids is 1. The summed E-state index contributed by atoms with van der Waals surface area (Å²) in [7, 11) is 0. The first-order valence-corrected chi connectivity index (χ1v) is 5.43. The van der Waals surface area contributed by atoms with Gasteiger partial charge >= 0.3 is 11.9 Å². The van der Waals surface area contributed by atoms with Crippen molar-refractivity contribution in [1.82, 2.24) is 0 Å². The number of hydrogen-bond acceptors (Lipinski definition) is 5. The Bertz CT molecular complexity index is 497. The minimum absolute atomic E-state index is 0.178. The predicted molar refractivity (Wildman–Crippen MR) is 66.5 cm³/mol. The van der Waals surface area contributed by atoms with Crippen LogP contribution in [0.25, 0.3) is 0 Å². The number of hydrogen-bond donors (Lipinski definition) is 4. The Kier molecular flexibility index (Phi) is 4.60. The van der Waals surface area contributed by atoms with Crippen LogP contribution in [-0.4, -0.2) is 34.0 Å². The van der Waals surface area contributed by atoms with Crippen molar-refractivity contribution >= 4 is 23.4 Å². The summed E-state index contributed by atoms with van der Waals surface area (Å²) in [6.07, 6.45) is -0.642. The van der Waals surface area contributed by atoms with E-state index in [9.17, 15) is 14.4 Å². The van der Waals surface area contributed by atoms with Crippen LogP contribution in [0.1, 0.15) is 16.8 Å². The van der Waals surface area contributed by atoms with E-state index in [4.69, 9.17) is 21.7 Å². The van der Waals surface area contributed by atoms with Crippen LogP contribution in [0.15, 0.2) is 24.3 Å². The fraction of sp³-hybridized carbons (Fsp3) is 0.250. The van der Waals surface area contributed by atoms with Crippen LogP contribution in [0, 0.1) is 5.92 Å². The molecule has 0 saturated heterocycles. The zero-order valence-corrected chi connectivity index (χ0v) is 9.95. The van der Waals surface area contributed by atoms with Gasteiger partial charge in [-0.2, -0.15) is 0 Å². The second-order valence-electron chi connectivity index (χ2n) is 4.05. The Morgan fingerprint density at radius 3 is 2.05 bits per heavy atom. The molecule has 2 atom stereocenters. The first kappa shape index (κ1) is 14.7. The van der Waals surface area contributed by atoms with Crippen molar-refractivity contribution in [3.8, 4) is 0 Å². The molecule has 1 aromatic rings. The monoisotopic (exact) mass is 266 g/mol. The van der Waals surface area contributed by atoms with Crippen LogP contribution >= 0.6 is 0 Å². The van der Waals surface area contributed by atoms with E-state index in [0.29, 0.717) is 5.69 Å². The largest absolute Gasteiger partial charge is 0.481 e. The molecule has 0 amide bonds. The number of carbonyl (C=O) groups is 3. The van der Waals surface area contributed by atoms with Gasteiger partial charge in [-0.3, -0.25) is 14.4 Å². The fourth-order valence-electron chi connectivity index (χ4n) is 1.60. The van der Waals surface area contributed by atoms with Gasteiger partial charge in [0.25, 0.3) is 0 Å². The number of ketones is 1. The molecule has 0 saturated carbocycles. The summed E-state index contributed by atoms with van der Waals surface area (Å²) in [4.78, 5) is 33.6. The molecule has 0 aliphatic heterocycles. The SMILES string of the molecule is Nc1ccc(C(=O)C(CC(=O)O)[C@H](N)C(=O)O)cc1. The third-order valence-electron chi connectivity index (χ3n) is 2.65. The number of nitrogen functional groups attached to an aromatic ring is 1. The van der Waals surface area contributed by atoms with E-state index in [1.807, 2.05) is 0 Å². The molecule has 7 nitrogen and oxygen atoms in total. The number of Topliss-reactive ketones (excluding diaryl/α,β-unsaturated/α-hetero) is 1. The van der Waals surface area contributed by atoms with Gasteiger partial charge in [-0.05, 0) is 24.3 Å². The molecule has 1 unspecified atom stereocenters. The lowest BCUT2D eigenvalue weighted by Gasteiger charge is -2.17. The molecule has 1 rings (SSSR count). The summed E-state index contributed by atoms with van der Waals surface area (Å²) in [5, 5.41) is 17.5. The van der Waals surface area contributed by atoms with Crippen molar-refractivity contribution < 1.29 is 24.6 Å². The van der Waals surface area contributed by atoms with E-state index >= 15 is 0 Å². The second kappa shape index (κ2) is 5.96. The summed E-state index contributed by atoms with van der Waals surface area (Å²) in [6, 6.07) is 4.18. The van der Waals surface area contributed by atoms with Gasteiger partial charge < -0.3 is 21.7 Å². The lowest BCUT2D eigenvalue weighted by molar-refractivity contribution is -0.141. The van der Waals surface area contributed by atoms with Gasteiger partial charge in [-0.25, -0.2) is 0 Å². The van der Waals surface area contributed by atoms with E-state index in [2.05, 4.69) is 0 Å². The van der Waals surface area contributed by atoms with Gasteiger partial charge in [-0.15, -0.1) is 0 Å². The summed E-state index contributed by atoms with van der Waals surface area (Å²) < 4.78 is 0. The van der Waals surface area contributed by atoms with E-state index in [1.165, 1.54) is 24.3 Å². The average molecular weight is 266 g/mol. The molecule has 0 heterocycles. The highest BCUT2D eigenvalue weighted by Crippen LogP contribution is 2.17. The quantitative estimate of drug-likeness (QED) is 0.417. The number of benzene rings is 1. The third-order valence-corrected chi connectivity index (χ3v) is 2.65. The standard InChI is InChI=1S/C12H14N2O5/c13-7-3-1-6(2-4-7)11(17)8(5-9(15)16)10(14)12(18)19/h1-4,8,10H,5,13-14H2,(H,15,16)(H,18,19)/t8?,10-/m0/s1. The normalized spacial score (nSPS) is 13.5. The molecule has 0 spiro atoms. The number of anilines is 1. The Morgan fingerprint density at radius 1 is 1.11 bits per heavy atom. The van der Waals surface area contributed by atoms with Crippen LogP contribution in [0.2, 0.25) is 0 Å². The molecule has 0 radical (unpaired) electrons. The summed E-state index contributed by atoms with van der Waals surface area (Å²) in [5.74, 6) is -4.66. The lowest BCUT2D eigenvalue weighted by atomic mass is 9.88. The highest BCUT2D eigenvalue weighted by atomic mass is 16.4. The van der Waals surface area contributed by atoms with Crippen molar-refractivity contribution in [2.45, 2.75) is 12.5 Å². The molecular weight excluding hydrogens is 252 g/mol. The number of carboxylic acids is 2. The van der Waals surface area contributed by atoms with Crippen molar-refractivity contribution in [1.29, 1.82) is 0 Å². The Balaban J connectivity index is 3.03. The van der Waals surface area contributed by atoms with E-state index < -0.39 is 36.1 Å². The maximum atomic E-state index is 12.1. The first-order chi connectivity index (χ1) is 8.82. The van der Waals surface area contributed by atoms with Gasteiger partial charge in [0.2, 0.25) is 0 Å². The van der Waals surface area contributed by atoms with Gasteiger partial charge in [0, 0.05) is 11.3 Å². The van der Waals surface area contributed by atoms with E-state index in [-0.39, 0.29) is 5.56 Å². The van der Waals surface area contributed by atoms with Crippen molar-refractivity contribution in [3.63, 3.8) is 0 Å². The number of aliphatic carboxylic acids is 2. The van der Waals surface area contributed by atoms with Crippen LogP contribution < -0.4 is 11.5 Å². The molecule has 0 aromatic heterocycles. The summed E-state index contributed by atoms with van der Waals surface area (Å²) >= 11 is 0. The van der Waals surface area contributed by atoms with E-state index in [1.54, 1.807) is 0 Å². The van der Waals surface area contributed by atoms with Crippen LogP contribution in [0.5, 0.6) is 0 Å². The molecule has 0 bridgehead atoms. The predicted octanol–water partition coefficient (Wildman–Crippen LogP) is -0.0457. The molecule has 1 aromatic carbocycles. The Hall–Kier alpha value is -2.41. The maximum absolute atomic E-state index is 12.1. The lowest BCUT2D eigenvalue weighted by Crippen LogP contribution is -2.43. The smallest absolute Gasteiger partial charge is 0.321 e. The minimum Gasteiger partial charge on any atom is -0.481 e. The Labute approximate surface area is 108 Å². The number of carboxylic acid groups (broad SMARTS) is 2. The number of rotatable bonds is 6. The molecule has 102 valence electrons. The number of nitrogens with two attached hydrogens (primary N) is 2. The van der Waals surface area contributed by atoms with Gasteiger partial charge in [0.15, 0.2) is 5.78 Å². The molecule has 7 heteroatoms. The maximum Gasteiger partial charge on any atom is 0.321 e. The molecule has 6 N–H and O–H groups in total. The molecular formula is C12H14N2O5. The molecule has 0 fully saturated rings. The second-order valence-corrected chi connectivity index (χ2v) is 4.05. The van der Waals surface area contributed by atoms with Crippen molar-refractivity contribution in [2.24, 2.45) is 11.7 Å². The Morgan fingerprint density at radius 2 is 1.63 bits per heavy atom. The third kappa shape index (κ3) is 3.78. The topological polar surface area (TPSA) is 144 Å². The van der Waals surface area contributed by atoms with Gasteiger partial charge in [0.05, 0.1) is 12.3 Å². The summed E-state index contributed by atoms with van der Waals surface area (Å²) in [5.41, 5.74) is 11.5. The van der Waals surface area contributed by atoms with Crippen molar-refractivity contribution in [2.75, 3.05) is 5.73 Å².